The Labute approximate surface area is 284 Å². The molecule has 0 radical (unpaired) electrons. The first-order valence-electron chi connectivity index (χ1n) is 17.6. The van der Waals surface area contributed by atoms with E-state index in [-0.39, 0.29) is 35.7 Å². The van der Waals surface area contributed by atoms with Crippen LogP contribution >= 0.6 is 0 Å². The minimum Gasteiger partial charge on any atom is -0.458 e. The second-order valence-electron chi connectivity index (χ2n) is 15.3. The summed E-state index contributed by atoms with van der Waals surface area (Å²) >= 11 is 0. The summed E-state index contributed by atoms with van der Waals surface area (Å²) in [7, 11) is 1.79. The van der Waals surface area contributed by atoms with E-state index in [1.54, 1.807) is 13.2 Å². The van der Waals surface area contributed by atoms with Crippen LogP contribution in [0, 0.1) is 28.6 Å². The predicted octanol–water partition coefficient (Wildman–Crippen LogP) is -0.355. The largest absolute Gasteiger partial charge is 0.458 e. The maximum Gasteiger partial charge on any atom is 0.331 e. The number of aliphatic hydroxyl groups is 6. The Morgan fingerprint density at radius 3 is 2.39 bits per heavy atom. The van der Waals surface area contributed by atoms with Crippen molar-refractivity contribution in [1.82, 2.24) is 0 Å². The third kappa shape index (κ3) is 5.49. The highest BCUT2D eigenvalue weighted by Crippen LogP contribution is 2.70. The zero-order chi connectivity index (χ0) is 34.9. The van der Waals surface area contributed by atoms with Crippen molar-refractivity contribution in [3.8, 4) is 0 Å². The Morgan fingerprint density at radius 2 is 1.69 bits per heavy atom. The number of aliphatic hydroxyl groups excluding tert-OH is 6. The van der Waals surface area contributed by atoms with Crippen molar-refractivity contribution in [1.29, 1.82) is 0 Å². The molecule has 7 unspecified atom stereocenters. The molecule has 0 aromatic carbocycles. The Bertz CT molecular complexity index is 1330. The van der Waals surface area contributed by atoms with Gasteiger partial charge in [0.15, 0.2) is 12.6 Å². The molecule has 3 heterocycles. The van der Waals surface area contributed by atoms with Gasteiger partial charge in [-0.2, -0.15) is 0 Å². The highest BCUT2D eigenvalue weighted by atomic mass is 16.7. The fourth-order valence-electron chi connectivity index (χ4n) is 10.9. The number of rotatable bonds is 8. The van der Waals surface area contributed by atoms with E-state index < -0.39 is 79.0 Å². The van der Waals surface area contributed by atoms with E-state index in [1.807, 2.05) is 6.08 Å². The van der Waals surface area contributed by atoms with Gasteiger partial charge < -0.3 is 63.9 Å². The highest BCUT2D eigenvalue weighted by molar-refractivity contribution is 5.85. The molecule has 5 fully saturated rings. The second kappa shape index (κ2) is 13.3. The lowest BCUT2D eigenvalue weighted by atomic mass is 9.44. The van der Waals surface area contributed by atoms with Crippen LogP contribution in [0.25, 0.3) is 0 Å². The van der Waals surface area contributed by atoms with Crippen molar-refractivity contribution < 1.29 is 68.6 Å². The predicted molar refractivity (Wildman–Crippen MR) is 166 cm³/mol. The number of hydrogen-bond acceptors (Lipinski definition) is 14. The maximum absolute atomic E-state index is 13.2. The normalized spacial score (nSPS) is 51.2. The lowest BCUT2D eigenvalue weighted by Crippen LogP contribution is -2.63. The van der Waals surface area contributed by atoms with Crippen LogP contribution in [0.5, 0.6) is 0 Å². The van der Waals surface area contributed by atoms with Crippen LogP contribution in [0.15, 0.2) is 23.3 Å². The maximum atomic E-state index is 13.2. The molecule has 3 aliphatic heterocycles. The molecule has 0 aromatic rings. The molecule has 6 N–H and O–H groups in total. The fraction of sp³-hybridized carbons (Fsp3) is 0.829. The van der Waals surface area contributed by atoms with Crippen LogP contribution in [0.3, 0.4) is 0 Å². The van der Waals surface area contributed by atoms with Gasteiger partial charge in [0, 0.05) is 18.6 Å². The molecule has 0 bridgehead atoms. The zero-order valence-electron chi connectivity index (χ0n) is 28.0. The van der Waals surface area contributed by atoms with Gasteiger partial charge in [-0.15, -0.1) is 0 Å². The molecule has 16 atom stereocenters. The molecule has 14 heteroatoms. The number of aldehydes is 1. The average molecular weight is 695 g/mol. The molecule has 3 saturated carbocycles. The quantitative estimate of drug-likeness (QED) is 0.109. The van der Waals surface area contributed by atoms with E-state index in [4.69, 9.17) is 28.4 Å². The van der Waals surface area contributed by atoms with Gasteiger partial charge in [-0.1, -0.05) is 18.6 Å². The van der Waals surface area contributed by atoms with E-state index in [1.165, 1.54) is 0 Å². The SMILES string of the molecule is COC12CCC(C3=CC(=O)OC3)C1(C)CCC1C2CCC2=CC(O[C@@H]3OC[C@@H](O[C@@H]4O[C@H](CO)[C@@H](O)[C@H](O)[C@H]4O)[C@H](O)[C@H]3O)CCC21C=O. The van der Waals surface area contributed by atoms with Gasteiger partial charge in [0.05, 0.1) is 30.3 Å². The fourth-order valence-corrected chi connectivity index (χ4v) is 10.9. The Morgan fingerprint density at radius 1 is 0.918 bits per heavy atom. The van der Waals surface area contributed by atoms with E-state index in [0.717, 1.165) is 49.5 Å². The number of carbonyl (C=O) groups is 2. The minimum atomic E-state index is -1.67. The number of esters is 1. The first-order valence-corrected chi connectivity index (χ1v) is 17.6. The van der Waals surface area contributed by atoms with Crippen LogP contribution in [0.1, 0.15) is 58.3 Å². The number of ether oxygens (including phenoxy) is 6. The van der Waals surface area contributed by atoms with Crippen LogP contribution in [0.2, 0.25) is 0 Å². The first-order chi connectivity index (χ1) is 23.4. The van der Waals surface area contributed by atoms with Crippen LogP contribution in [-0.4, -0.2) is 137 Å². The van der Waals surface area contributed by atoms with Crippen molar-refractivity contribution in [3.63, 3.8) is 0 Å². The molecule has 0 amide bonds. The molecule has 2 saturated heterocycles. The van der Waals surface area contributed by atoms with Gasteiger partial charge in [-0.05, 0) is 74.7 Å². The molecule has 49 heavy (non-hydrogen) atoms. The number of methoxy groups -OCH3 is 1. The van der Waals surface area contributed by atoms with Gasteiger partial charge in [-0.3, -0.25) is 0 Å². The summed E-state index contributed by atoms with van der Waals surface area (Å²) in [5.41, 5.74) is 0.806. The molecule has 274 valence electrons. The molecule has 7 rings (SSSR count). The zero-order valence-corrected chi connectivity index (χ0v) is 28.0. The highest BCUT2D eigenvalue weighted by Gasteiger charge is 2.69. The van der Waals surface area contributed by atoms with Gasteiger partial charge in [0.2, 0.25) is 0 Å². The van der Waals surface area contributed by atoms with Crippen LogP contribution in [0.4, 0.5) is 0 Å². The van der Waals surface area contributed by atoms with Crippen LogP contribution in [-0.2, 0) is 38.0 Å². The summed E-state index contributed by atoms with van der Waals surface area (Å²) in [5, 5.41) is 61.7. The average Bonchev–Trinajstić information content (AvgIpc) is 3.67. The third-order valence-corrected chi connectivity index (χ3v) is 13.4. The van der Waals surface area contributed by atoms with E-state index in [0.29, 0.717) is 25.9 Å². The lowest BCUT2D eigenvalue weighted by Gasteiger charge is -2.62. The Balaban J connectivity index is 1.02. The number of hydrogen-bond donors (Lipinski definition) is 6. The topological polar surface area (TPSA) is 211 Å². The molecule has 7 aliphatic rings. The van der Waals surface area contributed by atoms with Gasteiger partial charge in [0.1, 0.15) is 55.6 Å². The molecular formula is C35H50O14. The van der Waals surface area contributed by atoms with E-state index >= 15 is 0 Å². The van der Waals surface area contributed by atoms with Gasteiger partial charge in [-0.25, -0.2) is 4.79 Å². The summed E-state index contributed by atoms with van der Waals surface area (Å²) in [6.45, 7) is 1.75. The Kier molecular flexibility index (Phi) is 9.66. The van der Waals surface area contributed by atoms with E-state index in [2.05, 4.69) is 6.92 Å². The number of allylic oxidation sites excluding steroid dienone is 1. The smallest absolute Gasteiger partial charge is 0.331 e. The third-order valence-electron chi connectivity index (χ3n) is 13.4. The number of cyclic esters (lactones) is 1. The minimum absolute atomic E-state index is 0.0897. The van der Waals surface area contributed by atoms with Gasteiger partial charge in [0.25, 0.3) is 0 Å². The second-order valence-corrected chi connectivity index (χ2v) is 15.3. The Hall–Kier alpha value is -1.82. The first kappa shape index (κ1) is 35.6. The van der Waals surface area contributed by atoms with Gasteiger partial charge >= 0.3 is 5.97 Å². The summed E-state index contributed by atoms with van der Waals surface area (Å²) in [5.74, 6) is 0.161. The lowest BCUT2D eigenvalue weighted by molar-refractivity contribution is -0.345. The van der Waals surface area contributed by atoms with Crippen molar-refractivity contribution in [2.75, 3.05) is 26.9 Å². The molecule has 14 nitrogen and oxygen atoms in total. The van der Waals surface area contributed by atoms with Crippen molar-refractivity contribution in [2.24, 2.45) is 28.6 Å². The standard InChI is InChI=1S/C35H50O14/c1-33-8-6-21-22(35(33,44-2)10-7-20(33)17-11-25(38)45-14-17)4-3-18-12-19(5-9-34(18,21)16-37)47-31-29(42)27(40)24(15-46-31)49-32-30(43)28(41)26(39)23(13-36)48-32/h11-12,16,19-24,26-32,36,39-43H,3-10,13-15H2,1-2H3/t19?,20?,21?,22?,23-,24-,26-,27+,28+,29-,30-,31+,32+,33?,34?,35?/m1/s1. The summed E-state index contributed by atoms with van der Waals surface area (Å²) < 4.78 is 34.8. The molecular weight excluding hydrogens is 644 g/mol. The monoisotopic (exact) mass is 694 g/mol. The number of carbonyl (C=O) groups excluding carboxylic acids is 2. The van der Waals surface area contributed by atoms with E-state index in [9.17, 15) is 40.2 Å². The van der Waals surface area contributed by atoms with Crippen molar-refractivity contribution in [3.05, 3.63) is 23.3 Å². The van der Waals surface area contributed by atoms with Crippen molar-refractivity contribution >= 4 is 12.3 Å². The molecule has 0 aromatic heterocycles. The molecule has 4 aliphatic carbocycles. The number of fused-ring (bicyclic) bond motifs is 5. The summed E-state index contributed by atoms with van der Waals surface area (Å²) in [6, 6.07) is 0. The van der Waals surface area contributed by atoms with Crippen molar-refractivity contribution in [2.45, 2.75) is 125 Å². The summed E-state index contributed by atoms with van der Waals surface area (Å²) in [4.78, 5) is 25.1. The van der Waals surface area contributed by atoms with Crippen LogP contribution < -0.4 is 0 Å². The molecule has 0 spiro atoms. The summed E-state index contributed by atoms with van der Waals surface area (Å²) in [6.07, 6.45) is -2.56.